The van der Waals surface area contributed by atoms with Crippen LogP contribution in [0.2, 0.25) is 0 Å². The Hall–Kier alpha value is -1.85. The number of ether oxygens (including phenoxy) is 3. The third-order valence-corrected chi connectivity index (χ3v) is 1.66. The maximum absolute atomic E-state index is 11.2. The third-order valence-electron chi connectivity index (χ3n) is 1.66. The quantitative estimate of drug-likeness (QED) is 0.371. The highest BCUT2D eigenvalue weighted by Crippen LogP contribution is 2.03. The number of carbonyl (C=O) groups is 3. The minimum atomic E-state index is -0.728. The van der Waals surface area contributed by atoms with Crippen molar-refractivity contribution in [3.8, 4) is 0 Å². The molecule has 96 valence electrons. The van der Waals surface area contributed by atoms with Gasteiger partial charge in [0, 0.05) is 5.57 Å². The smallest absolute Gasteiger partial charge is 0.344 e. The number of hydrogen-bond donors (Lipinski definition) is 0. The molecule has 0 radical (unpaired) electrons. The summed E-state index contributed by atoms with van der Waals surface area (Å²) in [5.74, 6) is -2.03. The van der Waals surface area contributed by atoms with Gasteiger partial charge in [0.15, 0.2) is 6.61 Å². The first-order valence-electron chi connectivity index (χ1n) is 5.08. The molecule has 0 aliphatic heterocycles. The molecule has 6 nitrogen and oxygen atoms in total. The van der Waals surface area contributed by atoms with Gasteiger partial charge >= 0.3 is 17.9 Å². The second kappa shape index (κ2) is 8.32. The van der Waals surface area contributed by atoms with E-state index in [0.717, 1.165) is 0 Å². The molecule has 6 heteroatoms. The van der Waals surface area contributed by atoms with Crippen molar-refractivity contribution >= 4 is 17.9 Å². The summed E-state index contributed by atoms with van der Waals surface area (Å²) < 4.78 is 13.6. The zero-order valence-corrected chi connectivity index (χ0v) is 9.99. The fourth-order valence-corrected chi connectivity index (χ4v) is 0.793. The molecule has 0 saturated carbocycles. The highest BCUT2D eigenvalue weighted by Gasteiger charge is 2.15. The fourth-order valence-electron chi connectivity index (χ4n) is 0.793. The van der Waals surface area contributed by atoms with Gasteiger partial charge < -0.3 is 14.2 Å². The van der Waals surface area contributed by atoms with E-state index in [9.17, 15) is 14.4 Å². The van der Waals surface area contributed by atoms with Crippen LogP contribution in [0.15, 0.2) is 12.2 Å². The monoisotopic (exact) mass is 244 g/mol. The maximum Gasteiger partial charge on any atom is 0.344 e. The first-order chi connectivity index (χ1) is 8.01. The first-order valence-corrected chi connectivity index (χ1v) is 5.08. The van der Waals surface area contributed by atoms with Crippen molar-refractivity contribution in [2.75, 3.05) is 20.3 Å². The van der Waals surface area contributed by atoms with Gasteiger partial charge in [-0.1, -0.05) is 13.5 Å². The Balaban J connectivity index is 3.91. The van der Waals surface area contributed by atoms with Crippen LogP contribution in [0.1, 0.15) is 19.8 Å². The van der Waals surface area contributed by atoms with Crippen molar-refractivity contribution in [1.29, 1.82) is 0 Å². The van der Waals surface area contributed by atoms with Gasteiger partial charge in [-0.3, -0.25) is 4.79 Å². The lowest BCUT2D eigenvalue weighted by Crippen LogP contribution is -2.17. The van der Waals surface area contributed by atoms with Crippen molar-refractivity contribution in [2.24, 2.45) is 0 Å². The molecule has 0 bridgehead atoms. The predicted molar refractivity (Wildman–Crippen MR) is 58.0 cm³/mol. The molecule has 17 heavy (non-hydrogen) atoms. The predicted octanol–water partition coefficient (Wildman–Crippen LogP) is 0.602. The van der Waals surface area contributed by atoms with E-state index in [1.165, 1.54) is 7.11 Å². The van der Waals surface area contributed by atoms with E-state index in [1.807, 2.05) is 6.92 Å². The van der Waals surface area contributed by atoms with E-state index in [2.05, 4.69) is 16.1 Å². The molecular formula is C11H16O6. The lowest BCUT2D eigenvalue weighted by molar-refractivity contribution is -0.157. The highest BCUT2D eigenvalue weighted by atomic mass is 16.6. The first kappa shape index (κ1) is 15.2. The van der Waals surface area contributed by atoms with Crippen LogP contribution in [0, 0.1) is 0 Å². The van der Waals surface area contributed by atoms with Gasteiger partial charge in [-0.2, -0.15) is 0 Å². The molecule has 0 unspecified atom stereocenters. The Morgan fingerprint density at radius 3 is 2.29 bits per heavy atom. The Labute approximate surface area is 99.5 Å². The average Bonchev–Trinajstić information content (AvgIpc) is 2.32. The molecule has 0 spiro atoms. The van der Waals surface area contributed by atoms with Gasteiger partial charge in [-0.25, -0.2) is 9.59 Å². The summed E-state index contributed by atoms with van der Waals surface area (Å²) in [6.45, 7) is 5.04. The molecule has 0 rings (SSSR count). The van der Waals surface area contributed by atoms with E-state index in [-0.39, 0.29) is 18.6 Å². The summed E-state index contributed by atoms with van der Waals surface area (Å²) in [5, 5.41) is 0. The molecule has 0 aliphatic rings. The minimum Gasteiger partial charge on any atom is -0.466 e. The zero-order chi connectivity index (χ0) is 13.3. The minimum absolute atomic E-state index is 0.00619. The van der Waals surface area contributed by atoms with Crippen LogP contribution in [-0.2, 0) is 28.6 Å². The number of methoxy groups -OCH3 is 1. The van der Waals surface area contributed by atoms with Crippen LogP contribution in [0.4, 0.5) is 0 Å². The average molecular weight is 244 g/mol. The highest BCUT2D eigenvalue weighted by molar-refractivity contribution is 5.93. The van der Waals surface area contributed by atoms with Crippen LogP contribution in [-0.4, -0.2) is 38.2 Å². The Kier molecular flexibility index (Phi) is 7.41. The molecule has 0 aromatic rings. The van der Waals surface area contributed by atoms with E-state index in [1.54, 1.807) is 0 Å². The maximum atomic E-state index is 11.2. The molecule has 0 aliphatic carbocycles. The summed E-state index contributed by atoms with van der Waals surface area (Å²) in [6.07, 6.45) is 0.380. The molecule has 0 saturated heterocycles. The number of rotatable bonds is 7. The molecule has 0 aromatic carbocycles. The van der Waals surface area contributed by atoms with Crippen molar-refractivity contribution < 1.29 is 28.6 Å². The van der Waals surface area contributed by atoms with Gasteiger partial charge in [-0.05, 0) is 6.42 Å². The summed E-state index contributed by atoms with van der Waals surface area (Å²) in [7, 11) is 1.18. The van der Waals surface area contributed by atoms with E-state index in [0.29, 0.717) is 6.42 Å². The summed E-state index contributed by atoms with van der Waals surface area (Å²) in [4.78, 5) is 33.0. The molecule has 0 atom stereocenters. The van der Waals surface area contributed by atoms with Crippen molar-refractivity contribution in [3.05, 3.63) is 12.2 Å². The van der Waals surface area contributed by atoms with Gasteiger partial charge in [0.1, 0.15) is 0 Å². The molecule has 0 heterocycles. The van der Waals surface area contributed by atoms with Crippen LogP contribution in [0.5, 0.6) is 0 Å². The van der Waals surface area contributed by atoms with Crippen LogP contribution < -0.4 is 0 Å². The second-order valence-electron chi connectivity index (χ2n) is 3.15. The normalized spacial score (nSPS) is 9.29. The van der Waals surface area contributed by atoms with Gasteiger partial charge in [0.25, 0.3) is 0 Å². The lowest BCUT2D eigenvalue weighted by Gasteiger charge is -2.06. The Morgan fingerprint density at radius 2 is 1.76 bits per heavy atom. The van der Waals surface area contributed by atoms with Crippen molar-refractivity contribution in [2.45, 2.75) is 19.8 Å². The van der Waals surface area contributed by atoms with Crippen molar-refractivity contribution in [1.82, 2.24) is 0 Å². The van der Waals surface area contributed by atoms with Gasteiger partial charge in [-0.15, -0.1) is 0 Å². The molecule has 0 amide bonds. The number of hydrogen-bond acceptors (Lipinski definition) is 6. The molecule has 0 aromatic heterocycles. The zero-order valence-electron chi connectivity index (χ0n) is 9.99. The third kappa shape index (κ3) is 7.10. The molecular weight excluding hydrogens is 228 g/mol. The molecule has 0 N–H and O–H groups in total. The van der Waals surface area contributed by atoms with Crippen LogP contribution in [0.3, 0.4) is 0 Å². The second-order valence-corrected chi connectivity index (χ2v) is 3.15. The SMILES string of the molecule is C=C(CC(=O)OCC(=O)OC)C(=O)OCCC. The van der Waals surface area contributed by atoms with Gasteiger partial charge in [0.05, 0.1) is 20.1 Å². The van der Waals surface area contributed by atoms with Crippen LogP contribution >= 0.6 is 0 Å². The fraction of sp³-hybridized carbons (Fsp3) is 0.545. The van der Waals surface area contributed by atoms with E-state index >= 15 is 0 Å². The summed E-state index contributed by atoms with van der Waals surface area (Å²) in [5.41, 5.74) is -0.00619. The Morgan fingerprint density at radius 1 is 1.12 bits per heavy atom. The van der Waals surface area contributed by atoms with Gasteiger partial charge in [0.2, 0.25) is 0 Å². The van der Waals surface area contributed by atoms with E-state index < -0.39 is 24.5 Å². The molecule has 0 fully saturated rings. The number of carbonyl (C=O) groups excluding carboxylic acids is 3. The standard InChI is InChI=1S/C11H16O6/c1-4-5-16-11(14)8(2)6-9(12)17-7-10(13)15-3/h2,4-7H2,1,3H3. The topological polar surface area (TPSA) is 78.9 Å². The summed E-state index contributed by atoms with van der Waals surface area (Å²) >= 11 is 0. The lowest BCUT2D eigenvalue weighted by atomic mass is 10.2. The van der Waals surface area contributed by atoms with Crippen molar-refractivity contribution in [3.63, 3.8) is 0 Å². The summed E-state index contributed by atoms with van der Waals surface area (Å²) in [6, 6.07) is 0. The van der Waals surface area contributed by atoms with Crippen LogP contribution in [0.25, 0.3) is 0 Å². The number of esters is 3. The van der Waals surface area contributed by atoms with E-state index in [4.69, 9.17) is 4.74 Å². The largest absolute Gasteiger partial charge is 0.466 e. The Bertz CT molecular complexity index is 307.